The molecule has 0 saturated heterocycles. The lowest BCUT2D eigenvalue weighted by atomic mass is 10.2. The van der Waals surface area contributed by atoms with Crippen LogP contribution in [0.5, 0.6) is 0 Å². The van der Waals surface area contributed by atoms with Gasteiger partial charge < -0.3 is 15.2 Å². The third-order valence-electron chi connectivity index (χ3n) is 2.45. The second-order valence-corrected chi connectivity index (χ2v) is 8.75. The zero-order valence-electron chi connectivity index (χ0n) is 11.0. The lowest BCUT2D eigenvalue weighted by Crippen LogP contribution is -2.35. The predicted molar refractivity (Wildman–Crippen MR) is 82.8 cm³/mol. The van der Waals surface area contributed by atoms with E-state index < -0.39 is 7.14 Å². The minimum Gasteiger partial charge on any atom is -0.363 e. The van der Waals surface area contributed by atoms with Crippen molar-refractivity contribution in [1.82, 2.24) is 10.6 Å². The second kappa shape index (κ2) is 7.55. The van der Waals surface area contributed by atoms with E-state index in [4.69, 9.17) is 12.2 Å². The molecule has 0 aliphatic heterocycles. The fourth-order valence-electron chi connectivity index (χ4n) is 1.50. The van der Waals surface area contributed by atoms with Crippen molar-refractivity contribution < 1.29 is 4.57 Å². The summed E-state index contributed by atoms with van der Waals surface area (Å²) in [6.07, 6.45) is 1.65. The van der Waals surface area contributed by atoms with Crippen molar-refractivity contribution in [3.8, 4) is 0 Å². The summed E-state index contributed by atoms with van der Waals surface area (Å²) in [5, 5.41) is 6.93. The highest BCUT2D eigenvalue weighted by Crippen LogP contribution is 2.35. The Kier molecular flexibility index (Phi) is 6.37. The zero-order chi connectivity index (χ0) is 13.4. The van der Waals surface area contributed by atoms with Crippen LogP contribution in [0.25, 0.3) is 0 Å². The van der Waals surface area contributed by atoms with Crippen LogP contribution in [-0.2, 0) is 11.1 Å². The zero-order valence-corrected chi connectivity index (χ0v) is 12.7. The summed E-state index contributed by atoms with van der Waals surface area (Å²) in [7, 11) is -1.89. The van der Waals surface area contributed by atoms with Gasteiger partial charge in [-0.25, -0.2) is 0 Å². The Morgan fingerprint density at radius 1 is 1.22 bits per heavy atom. The lowest BCUT2D eigenvalue weighted by molar-refractivity contribution is 0.580. The van der Waals surface area contributed by atoms with Crippen molar-refractivity contribution in [2.75, 3.05) is 26.0 Å². The maximum Gasteiger partial charge on any atom is 0.166 e. The fourth-order valence-corrected chi connectivity index (χ4v) is 2.60. The molecular weight excluding hydrogens is 263 g/mol. The van der Waals surface area contributed by atoms with E-state index in [1.165, 1.54) is 5.56 Å². The molecule has 5 heteroatoms. The molecule has 0 bridgehead atoms. The van der Waals surface area contributed by atoms with Crippen molar-refractivity contribution in [2.24, 2.45) is 0 Å². The molecule has 2 N–H and O–H groups in total. The Labute approximate surface area is 115 Å². The molecule has 0 heterocycles. The van der Waals surface area contributed by atoms with Crippen molar-refractivity contribution in [3.63, 3.8) is 0 Å². The summed E-state index contributed by atoms with van der Waals surface area (Å²) < 4.78 is 11.5. The van der Waals surface area contributed by atoms with Gasteiger partial charge in [0.2, 0.25) is 0 Å². The van der Waals surface area contributed by atoms with E-state index in [1.807, 2.05) is 31.5 Å². The summed E-state index contributed by atoms with van der Waals surface area (Å²) in [6.45, 7) is 5.14. The topological polar surface area (TPSA) is 41.1 Å². The Bertz CT molecular complexity index is 416. The summed E-state index contributed by atoms with van der Waals surface area (Å²) in [5.41, 5.74) is 1.20. The number of nitrogens with one attached hydrogen (secondary N) is 2. The van der Waals surface area contributed by atoms with Crippen molar-refractivity contribution in [2.45, 2.75) is 13.0 Å². The SMILES string of the molecule is CP(C)(=O)CCCNC(=S)NCc1ccccc1. The van der Waals surface area contributed by atoms with Crippen LogP contribution in [-0.4, -0.2) is 31.1 Å². The quantitative estimate of drug-likeness (QED) is 0.479. The molecule has 100 valence electrons. The third kappa shape index (κ3) is 7.46. The monoisotopic (exact) mass is 284 g/mol. The van der Waals surface area contributed by atoms with Gasteiger partial charge in [-0.15, -0.1) is 0 Å². The molecule has 1 rings (SSSR count). The summed E-state index contributed by atoms with van der Waals surface area (Å²) >= 11 is 5.17. The summed E-state index contributed by atoms with van der Waals surface area (Å²) in [5.74, 6) is 0. The van der Waals surface area contributed by atoms with Crippen molar-refractivity contribution in [1.29, 1.82) is 0 Å². The van der Waals surface area contributed by atoms with Crippen LogP contribution in [0.2, 0.25) is 0 Å². The molecule has 1 aromatic carbocycles. The van der Waals surface area contributed by atoms with Crippen molar-refractivity contribution in [3.05, 3.63) is 35.9 Å². The van der Waals surface area contributed by atoms with E-state index in [1.54, 1.807) is 0 Å². The van der Waals surface area contributed by atoms with E-state index in [-0.39, 0.29) is 0 Å². The summed E-state index contributed by atoms with van der Waals surface area (Å²) in [4.78, 5) is 0. The molecule has 0 fully saturated rings. The molecule has 0 atom stereocenters. The largest absolute Gasteiger partial charge is 0.363 e. The highest BCUT2D eigenvalue weighted by atomic mass is 32.1. The van der Waals surface area contributed by atoms with Crippen LogP contribution in [0.15, 0.2) is 30.3 Å². The smallest absolute Gasteiger partial charge is 0.166 e. The van der Waals surface area contributed by atoms with Crippen LogP contribution in [0.4, 0.5) is 0 Å². The number of hydrogen-bond donors (Lipinski definition) is 2. The van der Waals surface area contributed by atoms with E-state index in [0.717, 1.165) is 25.7 Å². The molecule has 0 radical (unpaired) electrons. The van der Waals surface area contributed by atoms with Gasteiger partial charge in [0, 0.05) is 19.3 Å². The van der Waals surface area contributed by atoms with Crippen molar-refractivity contribution >= 4 is 24.5 Å². The first kappa shape index (κ1) is 15.2. The van der Waals surface area contributed by atoms with Gasteiger partial charge in [0.15, 0.2) is 5.11 Å². The van der Waals surface area contributed by atoms with Gasteiger partial charge in [0.1, 0.15) is 0 Å². The van der Waals surface area contributed by atoms with Crippen LogP contribution in [0.1, 0.15) is 12.0 Å². The first-order valence-electron chi connectivity index (χ1n) is 6.07. The van der Waals surface area contributed by atoms with Gasteiger partial charge >= 0.3 is 0 Å². The molecule has 0 aromatic heterocycles. The molecule has 1 aromatic rings. The van der Waals surface area contributed by atoms with Crippen LogP contribution < -0.4 is 10.6 Å². The van der Waals surface area contributed by atoms with Crippen LogP contribution in [0, 0.1) is 0 Å². The number of hydrogen-bond acceptors (Lipinski definition) is 2. The van der Waals surface area contributed by atoms with Gasteiger partial charge in [-0.1, -0.05) is 30.3 Å². The first-order valence-corrected chi connectivity index (χ1v) is 9.26. The molecule has 0 aliphatic rings. The van der Waals surface area contributed by atoms with E-state index in [9.17, 15) is 4.57 Å². The van der Waals surface area contributed by atoms with Gasteiger partial charge in [-0.2, -0.15) is 0 Å². The van der Waals surface area contributed by atoms with Gasteiger partial charge in [0.05, 0.1) is 7.14 Å². The van der Waals surface area contributed by atoms with Gasteiger partial charge in [-0.3, -0.25) is 0 Å². The molecule has 0 saturated carbocycles. The molecule has 0 aliphatic carbocycles. The highest BCUT2D eigenvalue weighted by Gasteiger charge is 2.05. The van der Waals surface area contributed by atoms with Crippen LogP contribution >= 0.6 is 19.4 Å². The normalized spacial score (nSPS) is 11.0. The minimum atomic E-state index is -1.89. The molecule has 18 heavy (non-hydrogen) atoms. The minimum absolute atomic E-state index is 0.654. The van der Waals surface area contributed by atoms with Gasteiger partial charge in [-0.05, 0) is 37.5 Å². The number of thiocarbonyl (C=S) groups is 1. The van der Waals surface area contributed by atoms with E-state index in [0.29, 0.717) is 5.11 Å². The molecule has 0 unspecified atom stereocenters. The third-order valence-corrected chi connectivity index (χ3v) is 4.14. The Balaban J connectivity index is 2.13. The second-order valence-electron chi connectivity index (χ2n) is 4.75. The first-order chi connectivity index (χ1) is 8.47. The Morgan fingerprint density at radius 3 is 2.50 bits per heavy atom. The molecule has 0 spiro atoms. The average Bonchev–Trinajstić information content (AvgIpc) is 2.32. The molecule has 3 nitrogen and oxygen atoms in total. The maximum absolute atomic E-state index is 11.5. The highest BCUT2D eigenvalue weighted by molar-refractivity contribution is 7.80. The molecular formula is C13H21N2OPS. The number of benzene rings is 1. The summed E-state index contributed by atoms with van der Waals surface area (Å²) in [6, 6.07) is 10.1. The average molecular weight is 284 g/mol. The van der Waals surface area contributed by atoms with E-state index in [2.05, 4.69) is 22.8 Å². The predicted octanol–water partition coefficient (Wildman–Crippen LogP) is 2.66. The van der Waals surface area contributed by atoms with Gasteiger partial charge in [0.25, 0.3) is 0 Å². The van der Waals surface area contributed by atoms with Crippen LogP contribution in [0.3, 0.4) is 0 Å². The fraction of sp³-hybridized carbons (Fsp3) is 0.462. The number of rotatable bonds is 6. The standard InChI is InChI=1S/C13H21N2OPS/c1-17(2,16)10-6-9-14-13(18)15-11-12-7-4-3-5-8-12/h3-5,7-8H,6,9-11H2,1-2H3,(H2,14,15,18). The maximum atomic E-state index is 11.5. The lowest BCUT2D eigenvalue weighted by Gasteiger charge is -2.11. The van der Waals surface area contributed by atoms with E-state index >= 15 is 0 Å². The Morgan fingerprint density at radius 2 is 1.89 bits per heavy atom. The Hall–Kier alpha value is -0.860. The molecule has 0 amide bonds.